The van der Waals surface area contributed by atoms with E-state index in [1.165, 1.54) is 21.9 Å². The van der Waals surface area contributed by atoms with Gasteiger partial charge in [0.05, 0.1) is 11.1 Å². The molecule has 27 heavy (non-hydrogen) atoms. The SMILES string of the molecule is C=CCn1c(SCC(=O)NCCc2ccccc2)nc2ncccc2c1=O. The van der Waals surface area contributed by atoms with E-state index in [2.05, 4.69) is 21.9 Å². The van der Waals surface area contributed by atoms with E-state index in [1.54, 1.807) is 24.4 Å². The number of aromatic nitrogens is 3. The molecule has 1 amide bonds. The Hall–Kier alpha value is -2.93. The summed E-state index contributed by atoms with van der Waals surface area (Å²) in [6, 6.07) is 13.4. The molecule has 2 heterocycles. The average molecular weight is 380 g/mol. The molecule has 3 rings (SSSR count). The summed E-state index contributed by atoms with van der Waals surface area (Å²) in [5, 5.41) is 3.81. The number of fused-ring (bicyclic) bond motifs is 1. The van der Waals surface area contributed by atoms with Crippen LogP contribution in [0.3, 0.4) is 0 Å². The fourth-order valence-corrected chi connectivity index (χ4v) is 3.44. The Morgan fingerprint density at radius 3 is 2.81 bits per heavy atom. The van der Waals surface area contributed by atoms with Crippen molar-refractivity contribution >= 4 is 28.7 Å². The summed E-state index contributed by atoms with van der Waals surface area (Å²) in [6.07, 6.45) is 4.00. The number of thioether (sulfide) groups is 1. The van der Waals surface area contributed by atoms with Crippen LogP contribution >= 0.6 is 11.8 Å². The van der Waals surface area contributed by atoms with Crippen LogP contribution in [0, 0.1) is 0 Å². The Kier molecular flexibility index (Phi) is 6.38. The van der Waals surface area contributed by atoms with Gasteiger partial charge >= 0.3 is 0 Å². The van der Waals surface area contributed by atoms with Gasteiger partial charge in [0.25, 0.3) is 5.56 Å². The molecule has 1 N–H and O–H groups in total. The van der Waals surface area contributed by atoms with Crippen LogP contribution in [-0.2, 0) is 17.8 Å². The minimum Gasteiger partial charge on any atom is -0.355 e. The van der Waals surface area contributed by atoms with Gasteiger partial charge in [-0.25, -0.2) is 9.97 Å². The third-order valence-corrected chi connectivity index (χ3v) is 4.89. The maximum atomic E-state index is 12.6. The lowest BCUT2D eigenvalue weighted by Gasteiger charge is -2.11. The van der Waals surface area contributed by atoms with Crippen LogP contribution in [0.5, 0.6) is 0 Å². The molecule has 0 fully saturated rings. The van der Waals surface area contributed by atoms with Gasteiger partial charge in [-0.3, -0.25) is 14.2 Å². The molecular formula is C20H20N4O2S. The molecule has 6 nitrogen and oxygen atoms in total. The molecule has 0 spiro atoms. The van der Waals surface area contributed by atoms with Crippen molar-refractivity contribution in [2.75, 3.05) is 12.3 Å². The minimum absolute atomic E-state index is 0.101. The zero-order chi connectivity index (χ0) is 19.1. The molecule has 2 aromatic heterocycles. The Morgan fingerprint density at radius 2 is 2.04 bits per heavy atom. The maximum Gasteiger partial charge on any atom is 0.263 e. The molecular weight excluding hydrogens is 360 g/mol. The van der Waals surface area contributed by atoms with Crippen LogP contribution in [0.2, 0.25) is 0 Å². The van der Waals surface area contributed by atoms with Crippen molar-refractivity contribution in [3.05, 3.63) is 77.2 Å². The van der Waals surface area contributed by atoms with Crippen molar-refractivity contribution in [3.63, 3.8) is 0 Å². The van der Waals surface area contributed by atoms with E-state index in [0.717, 1.165) is 6.42 Å². The van der Waals surface area contributed by atoms with Gasteiger partial charge in [0, 0.05) is 19.3 Å². The first-order valence-electron chi connectivity index (χ1n) is 8.59. The standard InChI is InChI=1S/C20H20N4O2S/c1-2-13-24-19(26)16-9-6-11-22-18(16)23-20(24)27-14-17(25)21-12-10-15-7-4-3-5-8-15/h2-9,11H,1,10,12-14H2,(H,21,25). The quantitative estimate of drug-likeness (QED) is 0.369. The van der Waals surface area contributed by atoms with Gasteiger partial charge in [-0.05, 0) is 24.1 Å². The predicted octanol–water partition coefficient (Wildman–Crippen LogP) is 2.43. The van der Waals surface area contributed by atoms with E-state index >= 15 is 0 Å². The second-order valence-corrected chi connectivity index (χ2v) is 6.79. The van der Waals surface area contributed by atoms with E-state index in [0.29, 0.717) is 29.3 Å². The minimum atomic E-state index is -0.181. The van der Waals surface area contributed by atoms with Crippen LogP contribution in [-0.4, -0.2) is 32.7 Å². The second-order valence-electron chi connectivity index (χ2n) is 5.85. The summed E-state index contributed by atoms with van der Waals surface area (Å²) in [5.74, 6) is 0.0768. The fraction of sp³-hybridized carbons (Fsp3) is 0.200. The van der Waals surface area contributed by atoms with Gasteiger partial charge in [0.1, 0.15) is 0 Å². The average Bonchev–Trinajstić information content (AvgIpc) is 2.70. The van der Waals surface area contributed by atoms with Crippen molar-refractivity contribution in [3.8, 4) is 0 Å². The third-order valence-electron chi connectivity index (χ3n) is 3.92. The maximum absolute atomic E-state index is 12.6. The molecule has 0 unspecified atom stereocenters. The number of rotatable bonds is 8. The van der Waals surface area contributed by atoms with Gasteiger partial charge in [-0.2, -0.15) is 0 Å². The van der Waals surface area contributed by atoms with E-state index in [-0.39, 0.29) is 17.2 Å². The first kappa shape index (κ1) is 18.8. The van der Waals surface area contributed by atoms with Crippen LogP contribution in [0.25, 0.3) is 11.0 Å². The van der Waals surface area contributed by atoms with E-state index in [4.69, 9.17) is 0 Å². The van der Waals surface area contributed by atoms with Crippen LogP contribution in [0.15, 0.2) is 71.3 Å². The highest BCUT2D eigenvalue weighted by Gasteiger charge is 2.13. The van der Waals surface area contributed by atoms with Crippen molar-refractivity contribution in [1.82, 2.24) is 19.9 Å². The number of nitrogens with zero attached hydrogens (tertiary/aromatic N) is 3. The first-order chi connectivity index (χ1) is 13.2. The largest absolute Gasteiger partial charge is 0.355 e. The van der Waals surface area contributed by atoms with Gasteiger partial charge in [-0.15, -0.1) is 6.58 Å². The number of nitrogens with one attached hydrogen (secondary N) is 1. The summed E-state index contributed by atoms with van der Waals surface area (Å²) >= 11 is 1.22. The fourth-order valence-electron chi connectivity index (χ4n) is 2.61. The molecule has 0 aliphatic carbocycles. The highest BCUT2D eigenvalue weighted by molar-refractivity contribution is 7.99. The van der Waals surface area contributed by atoms with Crippen LogP contribution in [0.1, 0.15) is 5.56 Å². The Balaban J connectivity index is 1.65. The number of benzene rings is 1. The van der Waals surface area contributed by atoms with Crippen molar-refractivity contribution in [2.24, 2.45) is 0 Å². The van der Waals surface area contributed by atoms with Gasteiger partial charge in [0.15, 0.2) is 10.8 Å². The Labute approximate surface area is 161 Å². The lowest BCUT2D eigenvalue weighted by atomic mass is 10.1. The topological polar surface area (TPSA) is 76.9 Å². The first-order valence-corrected chi connectivity index (χ1v) is 9.57. The van der Waals surface area contributed by atoms with Crippen molar-refractivity contribution in [1.29, 1.82) is 0 Å². The zero-order valence-electron chi connectivity index (χ0n) is 14.8. The smallest absolute Gasteiger partial charge is 0.263 e. The van der Waals surface area contributed by atoms with E-state index < -0.39 is 0 Å². The summed E-state index contributed by atoms with van der Waals surface area (Å²) in [6.45, 7) is 4.58. The van der Waals surface area contributed by atoms with E-state index in [1.807, 2.05) is 30.3 Å². The number of carbonyl (C=O) groups excluding carboxylic acids is 1. The molecule has 0 aliphatic rings. The Morgan fingerprint density at radius 1 is 1.22 bits per heavy atom. The number of hydrogen-bond acceptors (Lipinski definition) is 5. The number of allylic oxidation sites excluding steroid dienone is 1. The molecule has 3 aromatic rings. The second kappa shape index (κ2) is 9.14. The molecule has 0 aliphatic heterocycles. The number of amides is 1. The number of hydrogen-bond donors (Lipinski definition) is 1. The lowest BCUT2D eigenvalue weighted by molar-refractivity contribution is -0.118. The molecule has 138 valence electrons. The lowest BCUT2D eigenvalue weighted by Crippen LogP contribution is -2.28. The highest BCUT2D eigenvalue weighted by atomic mass is 32.2. The number of pyridine rings is 1. The molecule has 0 radical (unpaired) electrons. The van der Waals surface area contributed by atoms with Crippen molar-refractivity contribution in [2.45, 2.75) is 18.1 Å². The van der Waals surface area contributed by atoms with Crippen LogP contribution < -0.4 is 10.9 Å². The monoisotopic (exact) mass is 380 g/mol. The molecule has 0 saturated carbocycles. The number of carbonyl (C=O) groups is 1. The summed E-state index contributed by atoms with van der Waals surface area (Å²) < 4.78 is 1.51. The summed E-state index contributed by atoms with van der Waals surface area (Å²) in [5.41, 5.74) is 1.38. The van der Waals surface area contributed by atoms with Gasteiger partial charge < -0.3 is 5.32 Å². The normalized spacial score (nSPS) is 10.7. The highest BCUT2D eigenvalue weighted by Crippen LogP contribution is 2.16. The van der Waals surface area contributed by atoms with Crippen molar-refractivity contribution < 1.29 is 4.79 Å². The molecule has 0 atom stereocenters. The Bertz CT molecular complexity index is 1000. The summed E-state index contributed by atoms with van der Waals surface area (Å²) in [4.78, 5) is 33.4. The third kappa shape index (κ3) is 4.83. The van der Waals surface area contributed by atoms with Gasteiger partial charge in [0.2, 0.25) is 5.91 Å². The molecule has 1 aromatic carbocycles. The zero-order valence-corrected chi connectivity index (χ0v) is 15.6. The molecule has 0 bridgehead atoms. The molecule has 7 heteroatoms. The van der Waals surface area contributed by atoms with Crippen LogP contribution in [0.4, 0.5) is 0 Å². The summed E-state index contributed by atoms with van der Waals surface area (Å²) in [7, 11) is 0. The predicted molar refractivity (Wildman–Crippen MR) is 108 cm³/mol. The van der Waals surface area contributed by atoms with Gasteiger partial charge in [-0.1, -0.05) is 48.2 Å². The van der Waals surface area contributed by atoms with E-state index in [9.17, 15) is 9.59 Å². The molecule has 0 saturated heterocycles.